The summed E-state index contributed by atoms with van der Waals surface area (Å²) in [6.07, 6.45) is 4.99. The molecule has 1 aromatic heterocycles. The number of nitrogens with two attached hydrogens (primary N) is 3. The third-order valence-electron chi connectivity index (χ3n) is 12.6. The Morgan fingerprint density at radius 3 is 2.10 bits per heavy atom. The van der Waals surface area contributed by atoms with Crippen LogP contribution in [0.1, 0.15) is 114 Å². The largest absolute Gasteiger partial charge is 0.481 e. The van der Waals surface area contributed by atoms with Gasteiger partial charge >= 0.3 is 23.9 Å². The van der Waals surface area contributed by atoms with Gasteiger partial charge in [0.1, 0.15) is 17.7 Å². The highest BCUT2D eigenvalue weighted by Gasteiger charge is 2.41. The number of hydrogen-bond acceptors (Lipinski definition) is 16. The molecule has 6 amide bonds. The summed E-state index contributed by atoms with van der Waals surface area (Å²) in [5.41, 5.74) is 17.1. The Hall–Kier alpha value is -6.14. The SMILES string of the molecule is CCC(C)C(NCc1cnc(C)nc1N)C(=O)N(C(=O)CCNC(=O)C(Cc1ccccc1)NC(=O)N1CCC(N)CC1)C(=O)CC(O)C(N)CC1CCCCC1.O=C(O)CC(O)(CC(=O)O)C(=O)O. The highest BCUT2D eigenvalue weighted by Crippen LogP contribution is 2.28. The number of benzene rings is 1. The lowest BCUT2D eigenvalue weighted by Gasteiger charge is -2.31. The summed E-state index contributed by atoms with van der Waals surface area (Å²) < 4.78 is 0. The number of likely N-dealkylation sites (tertiary alicyclic amines) is 1. The summed E-state index contributed by atoms with van der Waals surface area (Å²) in [6, 6.07) is 6.18. The second-order valence-corrected chi connectivity index (χ2v) is 18.2. The Morgan fingerprint density at radius 2 is 1.54 bits per heavy atom. The number of aromatic nitrogens is 2. The Balaban J connectivity index is 0.000000869. The molecule has 2 fully saturated rings. The van der Waals surface area contributed by atoms with Crippen LogP contribution in [0, 0.1) is 18.8 Å². The number of rotatable bonds is 23. The molecule has 1 aliphatic carbocycles. The van der Waals surface area contributed by atoms with Crippen LogP contribution in [0.15, 0.2) is 36.5 Å². The first-order valence-corrected chi connectivity index (χ1v) is 23.7. The molecule has 2 heterocycles. The summed E-state index contributed by atoms with van der Waals surface area (Å²) in [7, 11) is 0. The molecule has 1 aromatic carbocycles. The lowest BCUT2D eigenvalue weighted by molar-refractivity contribution is -0.170. The average molecular weight is 985 g/mol. The first kappa shape index (κ1) is 58.2. The lowest BCUT2D eigenvalue weighted by Crippen LogP contribution is -2.56. The van der Waals surface area contributed by atoms with Crippen LogP contribution in [0.2, 0.25) is 0 Å². The second-order valence-electron chi connectivity index (χ2n) is 18.2. The molecule has 23 heteroatoms. The molecule has 70 heavy (non-hydrogen) atoms. The van der Waals surface area contributed by atoms with E-state index in [4.69, 9.17) is 37.6 Å². The molecule has 14 N–H and O–H groups in total. The zero-order valence-corrected chi connectivity index (χ0v) is 40.3. The van der Waals surface area contributed by atoms with Crippen molar-refractivity contribution >= 4 is 53.4 Å². The maximum Gasteiger partial charge on any atom is 0.336 e. The number of carboxylic acid groups (broad SMARTS) is 3. The van der Waals surface area contributed by atoms with Crippen molar-refractivity contribution in [2.24, 2.45) is 23.3 Å². The molecular weight excluding hydrogens is 913 g/mol. The molecule has 2 aliphatic rings. The van der Waals surface area contributed by atoms with Gasteiger partial charge in [0.15, 0.2) is 5.60 Å². The molecule has 1 saturated heterocycles. The minimum atomic E-state index is -2.74. The van der Waals surface area contributed by atoms with Crippen molar-refractivity contribution in [1.29, 1.82) is 0 Å². The van der Waals surface area contributed by atoms with Gasteiger partial charge in [-0.25, -0.2) is 24.5 Å². The zero-order valence-electron chi connectivity index (χ0n) is 40.3. The molecule has 1 saturated carbocycles. The van der Waals surface area contributed by atoms with Crippen molar-refractivity contribution in [3.63, 3.8) is 0 Å². The molecule has 2 aromatic rings. The maximum absolute atomic E-state index is 14.4. The number of aliphatic carboxylic acids is 3. The van der Waals surface area contributed by atoms with Crippen molar-refractivity contribution in [3.05, 3.63) is 53.5 Å². The van der Waals surface area contributed by atoms with Gasteiger partial charge in [-0.15, -0.1) is 0 Å². The number of amides is 6. The van der Waals surface area contributed by atoms with E-state index >= 15 is 0 Å². The highest BCUT2D eigenvalue weighted by atomic mass is 16.4. The number of nitrogens with zero attached hydrogens (tertiary/aromatic N) is 4. The number of anilines is 1. The molecule has 4 rings (SSSR count). The number of carboxylic acids is 3. The van der Waals surface area contributed by atoms with Crippen LogP contribution < -0.4 is 33.2 Å². The standard InChI is InChI=1S/C41H64N10O6.C6H8O7/c1-4-26(2)37(47-25-30-24-46-27(3)48-38(30)44)40(56)51(36(54)23-34(52)32(43)21-28-11-7-5-8-12-28)35(53)15-18-45-39(55)33(22-29-13-9-6-10-14-29)49-41(57)50-19-16-31(42)17-20-50;7-3(8)1-6(13,5(11)12)2-4(9)10/h6,9-10,13-14,24,26,28,31-34,37,47,52H,4-5,7-8,11-12,15-23,25,42-43H2,1-3H3,(H,45,55)(H,49,57)(H2,44,46,48);13H,1-2H2,(H,7,8)(H,9,10)(H,11,12). The van der Waals surface area contributed by atoms with Crippen LogP contribution in [-0.4, -0.2) is 148 Å². The fraction of sp³-hybridized carbons (Fsp3) is 0.617. The molecule has 0 radical (unpaired) electrons. The number of aliphatic hydroxyl groups excluding tert-OH is 1. The quantitative estimate of drug-likeness (QED) is 0.0733. The van der Waals surface area contributed by atoms with Crippen LogP contribution >= 0.6 is 0 Å². The number of piperidine rings is 1. The topological polar surface area (TPSA) is 384 Å². The van der Waals surface area contributed by atoms with Gasteiger partial charge in [-0.05, 0) is 43.6 Å². The average Bonchev–Trinajstić information content (AvgIpc) is 3.29. The van der Waals surface area contributed by atoms with E-state index in [0.29, 0.717) is 61.0 Å². The first-order valence-electron chi connectivity index (χ1n) is 23.7. The summed E-state index contributed by atoms with van der Waals surface area (Å²) in [6.45, 7) is 6.22. The van der Waals surface area contributed by atoms with E-state index in [2.05, 4.69) is 25.9 Å². The minimum Gasteiger partial charge on any atom is -0.481 e. The third kappa shape index (κ3) is 19.0. The van der Waals surface area contributed by atoms with Crippen molar-refractivity contribution in [1.82, 2.24) is 35.7 Å². The van der Waals surface area contributed by atoms with E-state index in [0.717, 1.165) is 37.7 Å². The number of urea groups is 1. The fourth-order valence-electron chi connectivity index (χ4n) is 8.19. The number of aryl methyl sites for hydroxylation is 1. The number of carbonyl (C=O) groups is 8. The van der Waals surface area contributed by atoms with Crippen LogP contribution in [0.3, 0.4) is 0 Å². The molecule has 388 valence electrons. The fourth-order valence-corrected chi connectivity index (χ4v) is 8.19. The van der Waals surface area contributed by atoms with Crippen molar-refractivity contribution < 1.29 is 63.9 Å². The van der Waals surface area contributed by atoms with Gasteiger partial charge in [0.25, 0.3) is 5.91 Å². The van der Waals surface area contributed by atoms with Gasteiger partial charge in [-0.3, -0.25) is 28.8 Å². The van der Waals surface area contributed by atoms with Crippen LogP contribution in [-0.2, 0) is 46.5 Å². The number of nitrogen functional groups attached to an aromatic ring is 1. The molecule has 23 nitrogen and oxygen atoms in total. The monoisotopic (exact) mass is 985 g/mol. The summed E-state index contributed by atoms with van der Waals surface area (Å²) >= 11 is 0. The van der Waals surface area contributed by atoms with Crippen molar-refractivity contribution in [2.75, 3.05) is 25.4 Å². The van der Waals surface area contributed by atoms with Gasteiger partial charge in [-0.1, -0.05) is 82.7 Å². The van der Waals surface area contributed by atoms with Crippen LogP contribution in [0.5, 0.6) is 0 Å². The lowest BCUT2D eigenvalue weighted by atomic mass is 9.83. The smallest absolute Gasteiger partial charge is 0.336 e. The molecule has 5 unspecified atom stereocenters. The number of nitrogens with one attached hydrogen (secondary N) is 3. The van der Waals surface area contributed by atoms with E-state index in [1.807, 2.05) is 44.2 Å². The van der Waals surface area contributed by atoms with E-state index in [-0.39, 0.29) is 43.3 Å². The van der Waals surface area contributed by atoms with Gasteiger partial charge < -0.3 is 63.6 Å². The Kier molecular flexibility index (Phi) is 23.7. The second kappa shape index (κ2) is 28.5. The Labute approximate surface area is 407 Å². The van der Waals surface area contributed by atoms with Crippen LogP contribution in [0.4, 0.5) is 10.6 Å². The molecule has 0 spiro atoms. The van der Waals surface area contributed by atoms with Gasteiger partial charge in [0.2, 0.25) is 17.7 Å². The number of aliphatic hydroxyl groups is 2. The third-order valence-corrected chi connectivity index (χ3v) is 12.6. The summed E-state index contributed by atoms with van der Waals surface area (Å²) in [4.78, 5) is 110. The van der Waals surface area contributed by atoms with Gasteiger partial charge in [0, 0.05) is 62.9 Å². The Bertz CT molecular complexity index is 2070. The summed E-state index contributed by atoms with van der Waals surface area (Å²) in [5, 5.41) is 53.6. The Morgan fingerprint density at radius 1 is 0.929 bits per heavy atom. The van der Waals surface area contributed by atoms with Crippen molar-refractivity contribution in [3.8, 4) is 0 Å². The van der Waals surface area contributed by atoms with E-state index < -0.39 is 97.1 Å². The van der Waals surface area contributed by atoms with Gasteiger partial charge in [0.05, 0.1) is 31.4 Å². The van der Waals surface area contributed by atoms with E-state index in [9.17, 15) is 43.5 Å². The predicted octanol–water partition coefficient (Wildman–Crippen LogP) is 0.804. The van der Waals surface area contributed by atoms with E-state index in [1.165, 1.54) is 0 Å². The predicted molar refractivity (Wildman–Crippen MR) is 254 cm³/mol. The normalized spacial score (nSPS) is 16.5. The minimum absolute atomic E-state index is 0.0210. The highest BCUT2D eigenvalue weighted by molar-refractivity contribution is 6.12. The van der Waals surface area contributed by atoms with Crippen LogP contribution in [0.25, 0.3) is 0 Å². The molecule has 1 aliphatic heterocycles. The van der Waals surface area contributed by atoms with E-state index in [1.54, 1.807) is 18.0 Å². The summed E-state index contributed by atoms with van der Waals surface area (Å²) in [5.74, 6) is -7.33. The number of hydrogen-bond donors (Lipinski definition) is 11. The maximum atomic E-state index is 14.4. The molecule has 0 bridgehead atoms. The molecule has 5 atom stereocenters. The zero-order chi connectivity index (χ0) is 52.1. The van der Waals surface area contributed by atoms with Gasteiger partial charge in [-0.2, -0.15) is 0 Å². The van der Waals surface area contributed by atoms with Crippen molar-refractivity contribution in [2.45, 2.75) is 153 Å². The molecular formula is C47H72N10O13. The number of imide groups is 3. The number of carbonyl (C=O) groups excluding carboxylic acids is 5. The first-order chi connectivity index (χ1) is 33.0.